The second-order valence-corrected chi connectivity index (χ2v) is 4.93. The highest BCUT2D eigenvalue weighted by Crippen LogP contribution is 2.25. The van der Waals surface area contributed by atoms with Crippen molar-refractivity contribution in [3.8, 4) is 6.07 Å². The Balaban J connectivity index is 2.11. The van der Waals surface area contributed by atoms with Gasteiger partial charge in [0.1, 0.15) is 0 Å². The van der Waals surface area contributed by atoms with Crippen molar-refractivity contribution < 1.29 is 4.79 Å². The molecule has 0 aliphatic rings. The van der Waals surface area contributed by atoms with E-state index in [0.29, 0.717) is 26.9 Å². The van der Waals surface area contributed by atoms with Gasteiger partial charge in [0.2, 0.25) is 5.91 Å². The molecule has 0 unspecified atom stereocenters. The third-order valence-corrected chi connectivity index (χ3v) is 3.38. The summed E-state index contributed by atoms with van der Waals surface area (Å²) in [4.78, 5) is 12.0. The normalized spacial score (nSPS) is 9.85. The van der Waals surface area contributed by atoms with E-state index in [0.717, 1.165) is 0 Å². The van der Waals surface area contributed by atoms with Crippen molar-refractivity contribution in [2.45, 2.75) is 6.42 Å². The van der Waals surface area contributed by atoms with Gasteiger partial charge in [0, 0.05) is 15.7 Å². The Kier molecular flexibility index (Phi) is 4.62. The van der Waals surface area contributed by atoms with Crippen molar-refractivity contribution in [3.63, 3.8) is 0 Å². The van der Waals surface area contributed by atoms with Gasteiger partial charge >= 0.3 is 0 Å². The molecule has 100 valence electrons. The van der Waals surface area contributed by atoms with Gasteiger partial charge in [-0.3, -0.25) is 4.79 Å². The summed E-state index contributed by atoms with van der Waals surface area (Å²) in [7, 11) is 0. The molecule has 0 saturated heterocycles. The van der Waals surface area contributed by atoms with Crippen molar-refractivity contribution in [2.24, 2.45) is 0 Å². The molecule has 0 bridgehead atoms. The fourth-order valence-electron chi connectivity index (χ4n) is 1.73. The highest BCUT2D eigenvalue weighted by molar-refractivity contribution is 6.36. The van der Waals surface area contributed by atoms with Gasteiger partial charge in [-0.05, 0) is 35.9 Å². The lowest BCUT2D eigenvalue weighted by molar-refractivity contribution is -0.115. The number of carbonyl (C=O) groups excluding carboxylic acids is 1. The van der Waals surface area contributed by atoms with Crippen LogP contribution in [0.15, 0.2) is 42.5 Å². The summed E-state index contributed by atoms with van der Waals surface area (Å²) in [5.41, 5.74) is 1.64. The van der Waals surface area contributed by atoms with Crippen molar-refractivity contribution in [1.29, 1.82) is 5.26 Å². The largest absolute Gasteiger partial charge is 0.326 e. The van der Waals surface area contributed by atoms with Crippen LogP contribution < -0.4 is 5.32 Å². The number of amides is 1. The third kappa shape index (κ3) is 3.51. The molecule has 2 aromatic carbocycles. The molecule has 5 heteroatoms. The molecule has 0 fully saturated rings. The monoisotopic (exact) mass is 304 g/mol. The Labute approximate surface area is 126 Å². The molecule has 0 saturated carbocycles. The van der Waals surface area contributed by atoms with Crippen molar-refractivity contribution in [2.75, 3.05) is 5.32 Å². The van der Waals surface area contributed by atoms with Crippen LogP contribution in [0.4, 0.5) is 5.69 Å². The number of nitrogens with one attached hydrogen (secondary N) is 1. The van der Waals surface area contributed by atoms with Gasteiger partial charge in [0.15, 0.2) is 0 Å². The van der Waals surface area contributed by atoms with E-state index < -0.39 is 0 Å². The Morgan fingerprint density at radius 1 is 1.15 bits per heavy atom. The number of halogens is 2. The summed E-state index contributed by atoms with van der Waals surface area (Å²) >= 11 is 12.0. The molecule has 0 heterocycles. The minimum atomic E-state index is -0.241. The molecule has 20 heavy (non-hydrogen) atoms. The number of benzene rings is 2. The Morgan fingerprint density at radius 3 is 2.45 bits per heavy atom. The molecular formula is C15H10Cl2N2O. The average Bonchev–Trinajstić information content (AvgIpc) is 2.43. The van der Waals surface area contributed by atoms with Gasteiger partial charge in [-0.15, -0.1) is 0 Å². The van der Waals surface area contributed by atoms with Crippen LogP contribution in [0.5, 0.6) is 0 Å². The highest BCUT2D eigenvalue weighted by Gasteiger charge is 2.11. The van der Waals surface area contributed by atoms with Gasteiger partial charge < -0.3 is 5.32 Å². The zero-order chi connectivity index (χ0) is 14.5. The van der Waals surface area contributed by atoms with E-state index in [-0.39, 0.29) is 12.3 Å². The Morgan fingerprint density at radius 2 is 1.80 bits per heavy atom. The van der Waals surface area contributed by atoms with E-state index in [1.54, 1.807) is 42.5 Å². The number of hydrogen-bond donors (Lipinski definition) is 1. The molecule has 0 aromatic heterocycles. The summed E-state index contributed by atoms with van der Waals surface area (Å²) in [6.07, 6.45) is 0.0787. The molecule has 2 aromatic rings. The minimum absolute atomic E-state index is 0.0787. The molecule has 0 atom stereocenters. The van der Waals surface area contributed by atoms with E-state index in [9.17, 15) is 4.79 Å². The standard InChI is InChI=1S/C15H10Cl2N2O/c16-13-5-2-6-14(17)12(13)8-15(20)19-11-4-1-3-10(7-11)9-18/h1-7H,8H2,(H,19,20). The zero-order valence-corrected chi connectivity index (χ0v) is 11.9. The van der Waals surface area contributed by atoms with Crippen LogP contribution in [0.1, 0.15) is 11.1 Å². The maximum atomic E-state index is 12.0. The van der Waals surface area contributed by atoms with Crippen LogP contribution in [0.3, 0.4) is 0 Å². The second kappa shape index (κ2) is 6.42. The van der Waals surface area contributed by atoms with E-state index in [2.05, 4.69) is 5.32 Å². The first kappa shape index (κ1) is 14.4. The molecule has 0 aliphatic heterocycles. The minimum Gasteiger partial charge on any atom is -0.326 e. The van der Waals surface area contributed by atoms with E-state index in [1.165, 1.54) is 0 Å². The first-order valence-corrected chi connectivity index (χ1v) is 6.58. The maximum absolute atomic E-state index is 12.0. The lowest BCUT2D eigenvalue weighted by atomic mass is 10.1. The number of hydrogen-bond acceptors (Lipinski definition) is 2. The maximum Gasteiger partial charge on any atom is 0.228 e. The van der Waals surface area contributed by atoms with Gasteiger partial charge in [-0.1, -0.05) is 35.3 Å². The predicted molar refractivity (Wildman–Crippen MR) is 80.0 cm³/mol. The fourth-order valence-corrected chi connectivity index (χ4v) is 2.26. The van der Waals surface area contributed by atoms with Gasteiger partial charge in [0.05, 0.1) is 18.1 Å². The molecule has 1 N–H and O–H groups in total. The van der Waals surface area contributed by atoms with Crippen molar-refractivity contribution >= 4 is 34.8 Å². The van der Waals surface area contributed by atoms with Gasteiger partial charge in [-0.2, -0.15) is 5.26 Å². The molecule has 0 radical (unpaired) electrons. The van der Waals surface area contributed by atoms with Crippen LogP contribution in [-0.2, 0) is 11.2 Å². The molecule has 1 amide bonds. The molecule has 2 rings (SSSR count). The van der Waals surface area contributed by atoms with E-state index in [1.807, 2.05) is 6.07 Å². The zero-order valence-electron chi connectivity index (χ0n) is 10.4. The number of nitrogens with zero attached hydrogens (tertiary/aromatic N) is 1. The van der Waals surface area contributed by atoms with Crippen LogP contribution in [0.2, 0.25) is 10.0 Å². The lowest BCUT2D eigenvalue weighted by Gasteiger charge is -2.08. The van der Waals surface area contributed by atoms with Crippen molar-refractivity contribution in [1.82, 2.24) is 0 Å². The predicted octanol–water partition coefficient (Wildman–Crippen LogP) is 4.05. The summed E-state index contributed by atoms with van der Waals surface area (Å²) in [5, 5.41) is 12.4. The van der Waals surface area contributed by atoms with E-state index in [4.69, 9.17) is 28.5 Å². The Bertz CT molecular complexity index is 672. The van der Waals surface area contributed by atoms with Crippen LogP contribution >= 0.6 is 23.2 Å². The lowest BCUT2D eigenvalue weighted by Crippen LogP contribution is -2.15. The van der Waals surface area contributed by atoms with Crippen molar-refractivity contribution in [3.05, 3.63) is 63.6 Å². The SMILES string of the molecule is N#Cc1cccc(NC(=O)Cc2c(Cl)cccc2Cl)c1. The summed E-state index contributed by atoms with van der Waals surface area (Å²) in [5.74, 6) is -0.241. The fraction of sp³-hybridized carbons (Fsp3) is 0.0667. The Hall–Kier alpha value is -2.02. The second-order valence-electron chi connectivity index (χ2n) is 4.12. The molecular weight excluding hydrogens is 295 g/mol. The average molecular weight is 305 g/mol. The molecule has 0 aliphatic carbocycles. The first-order chi connectivity index (χ1) is 9.60. The number of anilines is 1. The van der Waals surface area contributed by atoms with Crippen LogP contribution in [0.25, 0.3) is 0 Å². The van der Waals surface area contributed by atoms with Crippen LogP contribution in [0, 0.1) is 11.3 Å². The molecule has 3 nitrogen and oxygen atoms in total. The number of nitriles is 1. The summed E-state index contributed by atoms with van der Waals surface area (Å²) < 4.78 is 0. The summed E-state index contributed by atoms with van der Waals surface area (Å²) in [6, 6.07) is 13.8. The topological polar surface area (TPSA) is 52.9 Å². The third-order valence-electron chi connectivity index (χ3n) is 2.67. The highest BCUT2D eigenvalue weighted by atomic mass is 35.5. The number of carbonyl (C=O) groups is 1. The van der Waals surface area contributed by atoms with Crippen LogP contribution in [-0.4, -0.2) is 5.91 Å². The van der Waals surface area contributed by atoms with Gasteiger partial charge in [0.25, 0.3) is 0 Å². The number of rotatable bonds is 3. The summed E-state index contributed by atoms with van der Waals surface area (Å²) in [6.45, 7) is 0. The molecule has 0 spiro atoms. The smallest absolute Gasteiger partial charge is 0.228 e. The van der Waals surface area contributed by atoms with E-state index >= 15 is 0 Å². The quantitative estimate of drug-likeness (QED) is 0.930. The van der Waals surface area contributed by atoms with Gasteiger partial charge in [-0.25, -0.2) is 0 Å². The first-order valence-electron chi connectivity index (χ1n) is 5.83.